The lowest BCUT2D eigenvalue weighted by Crippen LogP contribution is -2.26. The van der Waals surface area contributed by atoms with Gasteiger partial charge in [-0.2, -0.15) is 0 Å². The lowest BCUT2D eigenvalue weighted by atomic mass is 10.2. The van der Waals surface area contributed by atoms with Crippen LogP contribution in [0, 0.1) is 6.92 Å². The Hall–Kier alpha value is 0.460. The number of rotatable bonds is 7. The molecular formula is C13H20Br3N. The number of hydrogen-bond acceptors (Lipinski definition) is 1. The molecule has 0 spiro atoms. The summed E-state index contributed by atoms with van der Waals surface area (Å²) < 4.78 is 0. The van der Waals surface area contributed by atoms with Crippen molar-refractivity contribution in [2.24, 2.45) is 0 Å². The summed E-state index contributed by atoms with van der Waals surface area (Å²) in [6.45, 7) is 4.38. The second-order valence-corrected chi connectivity index (χ2v) is 5.49. The van der Waals surface area contributed by atoms with Crippen molar-refractivity contribution in [3.05, 3.63) is 29.8 Å². The Bertz CT molecular complexity index is 279. The molecule has 0 fully saturated rings. The normalized spacial score (nSPS) is 9.82. The summed E-state index contributed by atoms with van der Waals surface area (Å²) in [5, 5.41) is 2.15. The van der Waals surface area contributed by atoms with Crippen LogP contribution in [0.1, 0.15) is 18.4 Å². The standard InChI is InChI=1S/C13H19Br2N.BrH/c1-12-4-6-13(7-5-12)16(10-2-8-14)11-3-9-15;/h4-7H,2-3,8-11H2,1H3;1H. The lowest BCUT2D eigenvalue weighted by molar-refractivity contribution is 0.755. The molecule has 0 radical (unpaired) electrons. The largest absolute Gasteiger partial charge is 0.371 e. The summed E-state index contributed by atoms with van der Waals surface area (Å²) in [5.74, 6) is 0. The molecule has 0 aliphatic heterocycles. The Kier molecular flexibility index (Phi) is 10.7. The predicted molar refractivity (Wildman–Crippen MR) is 90.5 cm³/mol. The quantitative estimate of drug-likeness (QED) is 0.554. The van der Waals surface area contributed by atoms with Crippen LogP contribution in [0.25, 0.3) is 0 Å². The van der Waals surface area contributed by atoms with Crippen LogP contribution in [0.3, 0.4) is 0 Å². The molecule has 0 heterocycles. The molecule has 0 bridgehead atoms. The molecule has 1 aromatic rings. The maximum absolute atomic E-state index is 3.49. The molecule has 17 heavy (non-hydrogen) atoms. The van der Waals surface area contributed by atoms with Crippen molar-refractivity contribution in [1.29, 1.82) is 0 Å². The van der Waals surface area contributed by atoms with E-state index in [4.69, 9.17) is 0 Å². The van der Waals surface area contributed by atoms with Crippen molar-refractivity contribution >= 4 is 54.5 Å². The van der Waals surface area contributed by atoms with E-state index in [2.05, 4.69) is 67.9 Å². The molecule has 0 unspecified atom stereocenters. The first-order chi connectivity index (χ1) is 7.77. The van der Waals surface area contributed by atoms with Crippen LogP contribution in [-0.4, -0.2) is 23.7 Å². The minimum atomic E-state index is 0. The molecule has 0 aromatic heterocycles. The molecule has 0 aliphatic rings. The van der Waals surface area contributed by atoms with Gasteiger partial charge < -0.3 is 4.90 Å². The van der Waals surface area contributed by atoms with Gasteiger partial charge in [-0.3, -0.25) is 0 Å². The fourth-order valence-electron chi connectivity index (χ4n) is 1.63. The fourth-order valence-corrected chi connectivity index (χ4v) is 2.13. The van der Waals surface area contributed by atoms with E-state index in [-0.39, 0.29) is 17.0 Å². The van der Waals surface area contributed by atoms with Crippen LogP contribution in [0.5, 0.6) is 0 Å². The van der Waals surface area contributed by atoms with Crippen molar-refractivity contribution in [2.75, 3.05) is 28.6 Å². The zero-order valence-corrected chi connectivity index (χ0v) is 15.0. The van der Waals surface area contributed by atoms with Crippen LogP contribution in [0.4, 0.5) is 5.69 Å². The molecule has 0 atom stereocenters. The molecule has 1 rings (SSSR count). The fraction of sp³-hybridized carbons (Fsp3) is 0.538. The van der Waals surface area contributed by atoms with Crippen molar-refractivity contribution in [2.45, 2.75) is 19.8 Å². The topological polar surface area (TPSA) is 3.24 Å². The van der Waals surface area contributed by atoms with Crippen LogP contribution >= 0.6 is 48.8 Å². The van der Waals surface area contributed by atoms with Gasteiger partial charge in [0, 0.05) is 29.4 Å². The predicted octanol–water partition coefficient (Wildman–Crippen LogP) is 4.95. The first kappa shape index (κ1) is 17.5. The Labute approximate surface area is 132 Å². The van der Waals surface area contributed by atoms with E-state index in [1.54, 1.807) is 0 Å². The maximum Gasteiger partial charge on any atom is 0.0366 e. The number of alkyl halides is 2. The van der Waals surface area contributed by atoms with Gasteiger partial charge in [0.1, 0.15) is 0 Å². The third-order valence-electron chi connectivity index (χ3n) is 2.52. The number of hydrogen-bond donors (Lipinski definition) is 0. The average Bonchev–Trinajstić information content (AvgIpc) is 2.31. The minimum Gasteiger partial charge on any atom is -0.371 e. The Morgan fingerprint density at radius 1 is 0.941 bits per heavy atom. The van der Waals surface area contributed by atoms with E-state index >= 15 is 0 Å². The number of benzene rings is 1. The van der Waals surface area contributed by atoms with Crippen LogP contribution in [0.2, 0.25) is 0 Å². The van der Waals surface area contributed by atoms with E-state index < -0.39 is 0 Å². The molecule has 0 saturated carbocycles. The highest BCUT2D eigenvalue weighted by molar-refractivity contribution is 9.09. The molecule has 1 nitrogen and oxygen atoms in total. The van der Waals surface area contributed by atoms with Crippen molar-refractivity contribution in [1.82, 2.24) is 0 Å². The average molecular weight is 430 g/mol. The smallest absolute Gasteiger partial charge is 0.0366 e. The molecule has 0 saturated heterocycles. The molecule has 0 amide bonds. The third-order valence-corrected chi connectivity index (χ3v) is 3.64. The lowest BCUT2D eigenvalue weighted by Gasteiger charge is -2.24. The summed E-state index contributed by atoms with van der Waals surface area (Å²) in [5.41, 5.74) is 2.66. The summed E-state index contributed by atoms with van der Waals surface area (Å²) in [4.78, 5) is 2.46. The number of anilines is 1. The SMILES string of the molecule is Br.Cc1ccc(N(CCCBr)CCCBr)cc1. The van der Waals surface area contributed by atoms with E-state index in [1.165, 1.54) is 24.1 Å². The Morgan fingerprint density at radius 3 is 1.82 bits per heavy atom. The van der Waals surface area contributed by atoms with Gasteiger partial charge in [-0.25, -0.2) is 0 Å². The Balaban J connectivity index is 0.00000256. The number of aryl methyl sites for hydroxylation is 1. The summed E-state index contributed by atoms with van der Waals surface area (Å²) in [6, 6.07) is 8.81. The third kappa shape index (κ3) is 6.82. The van der Waals surface area contributed by atoms with E-state index in [0.717, 1.165) is 23.7 Å². The molecule has 0 N–H and O–H groups in total. The van der Waals surface area contributed by atoms with Gasteiger partial charge in [-0.15, -0.1) is 17.0 Å². The molecule has 98 valence electrons. The maximum atomic E-state index is 3.49. The molecular weight excluding hydrogens is 410 g/mol. The Morgan fingerprint density at radius 2 is 1.41 bits per heavy atom. The molecule has 1 aromatic carbocycles. The van der Waals surface area contributed by atoms with Gasteiger partial charge in [0.25, 0.3) is 0 Å². The highest BCUT2D eigenvalue weighted by atomic mass is 79.9. The van der Waals surface area contributed by atoms with Gasteiger partial charge >= 0.3 is 0 Å². The zero-order valence-electron chi connectivity index (χ0n) is 10.2. The van der Waals surface area contributed by atoms with Crippen LogP contribution in [-0.2, 0) is 0 Å². The van der Waals surface area contributed by atoms with Gasteiger partial charge in [-0.1, -0.05) is 49.6 Å². The molecule has 4 heteroatoms. The van der Waals surface area contributed by atoms with Crippen LogP contribution in [0.15, 0.2) is 24.3 Å². The highest BCUT2D eigenvalue weighted by Gasteiger charge is 2.04. The van der Waals surface area contributed by atoms with Gasteiger partial charge in [-0.05, 0) is 31.9 Å². The minimum absolute atomic E-state index is 0. The van der Waals surface area contributed by atoms with Gasteiger partial charge in [0.05, 0.1) is 0 Å². The summed E-state index contributed by atoms with van der Waals surface area (Å²) in [6.07, 6.45) is 2.38. The van der Waals surface area contributed by atoms with Crippen molar-refractivity contribution in [3.63, 3.8) is 0 Å². The highest BCUT2D eigenvalue weighted by Crippen LogP contribution is 2.16. The first-order valence-corrected chi connectivity index (χ1v) is 7.95. The summed E-state index contributed by atoms with van der Waals surface area (Å²) >= 11 is 6.99. The van der Waals surface area contributed by atoms with E-state index in [0.29, 0.717) is 0 Å². The van der Waals surface area contributed by atoms with E-state index in [9.17, 15) is 0 Å². The van der Waals surface area contributed by atoms with E-state index in [1.807, 2.05) is 0 Å². The van der Waals surface area contributed by atoms with Crippen LogP contribution < -0.4 is 4.90 Å². The second-order valence-electron chi connectivity index (χ2n) is 3.91. The van der Waals surface area contributed by atoms with Gasteiger partial charge in [0.15, 0.2) is 0 Å². The summed E-state index contributed by atoms with van der Waals surface area (Å²) in [7, 11) is 0. The molecule has 0 aliphatic carbocycles. The first-order valence-electron chi connectivity index (χ1n) is 5.71. The van der Waals surface area contributed by atoms with Gasteiger partial charge in [0.2, 0.25) is 0 Å². The number of halogens is 3. The monoisotopic (exact) mass is 427 g/mol. The van der Waals surface area contributed by atoms with Crippen molar-refractivity contribution in [3.8, 4) is 0 Å². The zero-order chi connectivity index (χ0) is 11.8. The number of nitrogens with zero attached hydrogens (tertiary/aromatic N) is 1. The second kappa shape index (κ2) is 10.4. The van der Waals surface area contributed by atoms with Crippen molar-refractivity contribution < 1.29 is 0 Å².